The molecule has 2 aromatic carbocycles. The molecule has 1 saturated heterocycles. The summed E-state index contributed by atoms with van der Waals surface area (Å²) >= 11 is 6.63. The Kier molecular flexibility index (Phi) is 6.67. The molecular weight excluding hydrogens is 440 g/mol. The molecule has 172 valence electrons. The molecule has 9 heteroatoms. The minimum Gasteiger partial charge on any atom is -0.368 e. The summed E-state index contributed by atoms with van der Waals surface area (Å²) < 4.78 is 0. The number of aromatic amines is 1. The molecule has 2 amide bonds. The number of nitrogens with one attached hydrogen (secondary N) is 2. The fourth-order valence-electron chi connectivity index (χ4n) is 3.77. The summed E-state index contributed by atoms with van der Waals surface area (Å²) in [5.74, 6) is -0.959. The van der Waals surface area contributed by atoms with Crippen LogP contribution in [0.3, 0.4) is 0 Å². The number of carbonyl (C=O) groups excluding carboxylic acids is 2. The van der Waals surface area contributed by atoms with Gasteiger partial charge in [0.05, 0.1) is 22.1 Å². The van der Waals surface area contributed by atoms with Gasteiger partial charge >= 0.3 is 0 Å². The topological polar surface area (TPSA) is 107 Å². The van der Waals surface area contributed by atoms with E-state index in [1.54, 1.807) is 25.1 Å². The molecule has 0 bridgehead atoms. The van der Waals surface area contributed by atoms with Crippen molar-refractivity contribution in [2.24, 2.45) is 5.73 Å². The largest absolute Gasteiger partial charge is 0.368 e. The number of aromatic nitrogens is 2. The third-order valence-electron chi connectivity index (χ3n) is 5.88. The minimum atomic E-state index is -0.753. The Morgan fingerprint density at radius 2 is 1.85 bits per heavy atom. The van der Waals surface area contributed by atoms with Gasteiger partial charge in [0.1, 0.15) is 6.04 Å². The van der Waals surface area contributed by atoms with Gasteiger partial charge in [-0.25, -0.2) is 0 Å². The second-order valence-electron chi connectivity index (χ2n) is 8.30. The maximum atomic E-state index is 12.4. The van der Waals surface area contributed by atoms with Crippen LogP contribution in [0.4, 0.5) is 5.69 Å². The third kappa shape index (κ3) is 5.18. The lowest BCUT2D eigenvalue weighted by atomic mass is 10.1. The smallest absolute Gasteiger partial charge is 0.251 e. The molecule has 1 atom stereocenters. The molecule has 1 aliphatic rings. The van der Waals surface area contributed by atoms with Crippen molar-refractivity contribution in [3.8, 4) is 22.5 Å². The number of nitrogens with two attached hydrogens (primary N) is 1. The van der Waals surface area contributed by atoms with E-state index in [2.05, 4.69) is 32.4 Å². The number of piperazine rings is 1. The summed E-state index contributed by atoms with van der Waals surface area (Å²) in [7, 11) is 2.13. The number of hydrogen-bond acceptors (Lipinski definition) is 5. The van der Waals surface area contributed by atoms with Gasteiger partial charge in [-0.3, -0.25) is 14.7 Å². The number of benzene rings is 2. The molecule has 0 spiro atoms. The van der Waals surface area contributed by atoms with Gasteiger partial charge in [-0.15, -0.1) is 0 Å². The zero-order valence-electron chi connectivity index (χ0n) is 18.6. The highest BCUT2D eigenvalue weighted by atomic mass is 35.5. The maximum absolute atomic E-state index is 12.4. The number of halogens is 1. The molecule has 4 rings (SSSR count). The molecule has 0 aliphatic carbocycles. The summed E-state index contributed by atoms with van der Waals surface area (Å²) in [5, 5.41) is 10.8. The average Bonchev–Trinajstić information content (AvgIpc) is 3.30. The fourth-order valence-corrected chi connectivity index (χ4v) is 4.07. The first-order valence-electron chi connectivity index (χ1n) is 10.8. The lowest BCUT2D eigenvalue weighted by Gasteiger charge is -2.34. The minimum absolute atomic E-state index is 0.370. The monoisotopic (exact) mass is 466 g/mol. The van der Waals surface area contributed by atoms with Gasteiger partial charge < -0.3 is 20.9 Å². The van der Waals surface area contributed by atoms with Crippen LogP contribution in [0, 0.1) is 0 Å². The van der Waals surface area contributed by atoms with Crippen LogP contribution in [0.25, 0.3) is 22.5 Å². The molecule has 1 aliphatic heterocycles. The lowest BCUT2D eigenvalue weighted by Crippen LogP contribution is -2.44. The molecule has 3 aromatic rings. The van der Waals surface area contributed by atoms with Gasteiger partial charge in [-0.1, -0.05) is 29.8 Å². The number of amides is 2. The maximum Gasteiger partial charge on any atom is 0.251 e. The molecule has 8 nitrogen and oxygen atoms in total. The van der Waals surface area contributed by atoms with Crippen molar-refractivity contribution in [3.05, 3.63) is 59.1 Å². The van der Waals surface area contributed by atoms with Crippen LogP contribution in [0.2, 0.25) is 5.02 Å². The molecule has 2 heterocycles. The van der Waals surface area contributed by atoms with Crippen LogP contribution in [0.15, 0.2) is 48.5 Å². The summed E-state index contributed by atoms with van der Waals surface area (Å²) in [6.45, 7) is 5.48. The number of rotatable bonds is 6. The standard InChI is InChI=1S/C24H27ClN6O2/c1-15(23(26)32)27-24(33)18-5-3-4-16(12-18)20-14-21(29-28-20)17-6-7-22(19(25)13-17)31-10-8-30(2)9-11-31/h3-7,12-15H,8-11H2,1-2H3,(H2,26,32)(H,27,33)(H,28,29)/t15-/m1/s1. The Bertz CT molecular complexity index is 1170. The van der Waals surface area contributed by atoms with Crippen LogP contribution < -0.4 is 16.0 Å². The summed E-state index contributed by atoms with van der Waals surface area (Å²) in [6, 6.07) is 14.2. The SMILES string of the molecule is C[C@@H](NC(=O)c1cccc(-c2cc(-c3ccc(N4CCN(C)CC4)c(Cl)c3)[nH]n2)c1)C(N)=O. The molecule has 0 radical (unpaired) electrons. The molecular formula is C24H27ClN6O2. The molecule has 33 heavy (non-hydrogen) atoms. The second kappa shape index (κ2) is 9.64. The van der Waals surface area contributed by atoms with Crippen molar-refractivity contribution in [2.45, 2.75) is 13.0 Å². The number of nitrogens with zero attached hydrogens (tertiary/aromatic N) is 3. The van der Waals surface area contributed by atoms with Crippen molar-refractivity contribution in [1.29, 1.82) is 0 Å². The highest BCUT2D eigenvalue weighted by molar-refractivity contribution is 6.33. The molecule has 1 fully saturated rings. The normalized spacial score (nSPS) is 15.3. The van der Waals surface area contributed by atoms with Crippen molar-refractivity contribution in [2.75, 3.05) is 38.1 Å². The lowest BCUT2D eigenvalue weighted by molar-refractivity contribution is -0.119. The van der Waals surface area contributed by atoms with E-state index in [0.717, 1.165) is 48.7 Å². The Labute approximate surface area is 197 Å². The average molecular weight is 467 g/mol. The predicted octanol–water partition coefficient (Wildman–Crippen LogP) is 2.75. The van der Waals surface area contributed by atoms with Gasteiger partial charge in [-0.2, -0.15) is 5.10 Å². The van der Waals surface area contributed by atoms with Gasteiger partial charge in [0.15, 0.2) is 0 Å². The zero-order chi connectivity index (χ0) is 23.5. The zero-order valence-corrected chi connectivity index (χ0v) is 19.4. The highest BCUT2D eigenvalue weighted by Crippen LogP contribution is 2.32. The fraction of sp³-hybridized carbons (Fsp3) is 0.292. The van der Waals surface area contributed by atoms with E-state index < -0.39 is 11.9 Å². The van der Waals surface area contributed by atoms with Gasteiger partial charge in [0.25, 0.3) is 5.91 Å². The third-order valence-corrected chi connectivity index (χ3v) is 6.18. The van der Waals surface area contributed by atoms with E-state index in [1.165, 1.54) is 0 Å². The second-order valence-corrected chi connectivity index (χ2v) is 8.71. The number of likely N-dealkylation sites (N-methyl/N-ethyl adjacent to an activating group) is 1. The number of anilines is 1. The quantitative estimate of drug-likeness (QED) is 0.517. The molecule has 0 saturated carbocycles. The molecule has 0 unspecified atom stereocenters. The van der Waals surface area contributed by atoms with Crippen LogP contribution in [-0.2, 0) is 4.79 Å². The van der Waals surface area contributed by atoms with E-state index >= 15 is 0 Å². The van der Waals surface area contributed by atoms with Crippen molar-refractivity contribution in [1.82, 2.24) is 20.4 Å². The Morgan fingerprint density at radius 1 is 1.09 bits per heavy atom. The van der Waals surface area contributed by atoms with Gasteiger partial charge in [0, 0.05) is 42.9 Å². The van der Waals surface area contributed by atoms with E-state index in [1.807, 2.05) is 30.3 Å². The van der Waals surface area contributed by atoms with Crippen LogP contribution >= 0.6 is 11.6 Å². The summed E-state index contributed by atoms with van der Waals surface area (Å²) in [4.78, 5) is 28.3. The van der Waals surface area contributed by atoms with E-state index in [0.29, 0.717) is 16.3 Å². The number of primary amides is 1. The Balaban J connectivity index is 1.52. The summed E-state index contributed by atoms with van der Waals surface area (Å²) in [6.07, 6.45) is 0. The molecule has 1 aromatic heterocycles. The van der Waals surface area contributed by atoms with E-state index in [9.17, 15) is 9.59 Å². The van der Waals surface area contributed by atoms with E-state index in [-0.39, 0.29) is 5.91 Å². The number of H-pyrrole nitrogens is 1. The number of carbonyl (C=O) groups is 2. The predicted molar refractivity (Wildman–Crippen MR) is 130 cm³/mol. The Morgan fingerprint density at radius 3 is 2.55 bits per heavy atom. The highest BCUT2D eigenvalue weighted by Gasteiger charge is 2.18. The van der Waals surface area contributed by atoms with Crippen LogP contribution in [0.5, 0.6) is 0 Å². The molecule has 4 N–H and O–H groups in total. The first-order chi connectivity index (χ1) is 15.8. The Hall–Kier alpha value is -3.36. The van der Waals surface area contributed by atoms with Crippen molar-refractivity contribution >= 4 is 29.1 Å². The number of hydrogen-bond donors (Lipinski definition) is 3. The van der Waals surface area contributed by atoms with Crippen LogP contribution in [-0.4, -0.2) is 66.2 Å². The first-order valence-corrected chi connectivity index (χ1v) is 11.2. The van der Waals surface area contributed by atoms with Gasteiger partial charge in [0.2, 0.25) is 5.91 Å². The van der Waals surface area contributed by atoms with Crippen molar-refractivity contribution < 1.29 is 9.59 Å². The van der Waals surface area contributed by atoms with Crippen LogP contribution in [0.1, 0.15) is 17.3 Å². The van der Waals surface area contributed by atoms with Crippen molar-refractivity contribution in [3.63, 3.8) is 0 Å². The first kappa shape index (κ1) is 22.8. The van der Waals surface area contributed by atoms with E-state index in [4.69, 9.17) is 17.3 Å². The van der Waals surface area contributed by atoms with Gasteiger partial charge in [-0.05, 0) is 44.3 Å². The summed E-state index contributed by atoms with van der Waals surface area (Å²) in [5.41, 5.74) is 9.92.